The number of aromatic nitrogens is 1. The van der Waals surface area contributed by atoms with Gasteiger partial charge < -0.3 is 15.0 Å². The molecule has 0 unspecified atom stereocenters. The quantitative estimate of drug-likeness (QED) is 0.868. The molecular weight excluding hydrogens is 318 g/mol. The highest BCUT2D eigenvalue weighted by Gasteiger charge is 2.27. The molecule has 1 aromatic carbocycles. The molecule has 0 bridgehead atoms. The number of nitrogens with one attached hydrogen (secondary N) is 1. The molecule has 0 spiro atoms. The lowest BCUT2D eigenvalue weighted by Crippen LogP contribution is -2.45. The Balaban J connectivity index is 1.69. The standard InChI is InChI=1S/C19H21N3O3/c1-13-9-10-15(18(21-13)25-2)12-20-17(23)19(24)22-11-5-7-14-6-3-4-8-16(14)22/h3-4,6,8-10H,5,7,11-12H2,1-2H3,(H,20,23). The van der Waals surface area contributed by atoms with Crippen LogP contribution in [0.2, 0.25) is 0 Å². The van der Waals surface area contributed by atoms with Crippen molar-refractivity contribution in [2.24, 2.45) is 0 Å². The fraction of sp³-hybridized carbons (Fsp3) is 0.316. The molecule has 1 aliphatic heterocycles. The number of rotatable bonds is 3. The van der Waals surface area contributed by atoms with E-state index in [2.05, 4.69) is 10.3 Å². The summed E-state index contributed by atoms with van der Waals surface area (Å²) in [5.74, 6) is -0.707. The Bertz CT molecular complexity index is 804. The number of pyridine rings is 1. The second kappa shape index (κ2) is 7.34. The summed E-state index contributed by atoms with van der Waals surface area (Å²) in [7, 11) is 1.53. The summed E-state index contributed by atoms with van der Waals surface area (Å²) >= 11 is 0. The van der Waals surface area contributed by atoms with Crippen LogP contribution in [-0.2, 0) is 22.6 Å². The predicted molar refractivity (Wildman–Crippen MR) is 94.5 cm³/mol. The minimum atomic E-state index is -0.626. The highest BCUT2D eigenvalue weighted by atomic mass is 16.5. The third kappa shape index (κ3) is 3.63. The summed E-state index contributed by atoms with van der Waals surface area (Å²) in [5.41, 5.74) is 3.48. The first-order valence-electron chi connectivity index (χ1n) is 8.28. The first kappa shape index (κ1) is 17.0. The van der Waals surface area contributed by atoms with E-state index in [0.29, 0.717) is 12.4 Å². The summed E-state index contributed by atoms with van der Waals surface area (Å²) in [6.07, 6.45) is 1.78. The van der Waals surface area contributed by atoms with Gasteiger partial charge in [0.05, 0.1) is 7.11 Å². The van der Waals surface area contributed by atoms with Gasteiger partial charge in [-0.1, -0.05) is 24.3 Å². The maximum atomic E-state index is 12.6. The number of ether oxygens (including phenoxy) is 1. The van der Waals surface area contributed by atoms with E-state index in [-0.39, 0.29) is 6.54 Å². The van der Waals surface area contributed by atoms with Crippen LogP contribution in [0.5, 0.6) is 5.88 Å². The summed E-state index contributed by atoms with van der Waals surface area (Å²) < 4.78 is 5.22. The lowest BCUT2D eigenvalue weighted by atomic mass is 10.0. The average molecular weight is 339 g/mol. The van der Waals surface area contributed by atoms with Crippen molar-refractivity contribution >= 4 is 17.5 Å². The van der Waals surface area contributed by atoms with Gasteiger partial charge in [0.2, 0.25) is 5.88 Å². The fourth-order valence-corrected chi connectivity index (χ4v) is 2.99. The molecule has 0 saturated carbocycles. The second-order valence-electron chi connectivity index (χ2n) is 5.99. The lowest BCUT2D eigenvalue weighted by molar-refractivity contribution is -0.137. The van der Waals surface area contributed by atoms with Crippen molar-refractivity contribution in [3.05, 3.63) is 53.2 Å². The number of benzene rings is 1. The summed E-state index contributed by atoms with van der Waals surface area (Å²) in [5, 5.41) is 2.67. The van der Waals surface area contributed by atoms with Gasteiger partial charge in [0.1, 0.15) is 0 Å². The molecule has 2 aromatic rings. The topological polar surface area (TPSA) is 71.5 Å². The summed E-state index contributed by atoms with van der Waals surface area (Å²) in [6, 6.07) is 11.4. The molecule has 1 N–H and O–H groups in total. The molecule has 25 heavy (non-hydrogen) atoms. The van der Waals surface area contributed by atoms with Crippen LogP contribution < -0.4 is 15.0 Å². The van der Waals surface area contributed by atoms with Gasteiger partial charge in [0.15, 0.2) is 0 Å². The van der Waals surface area contributed by atoms with Crippen molar-refractivity contribution in [3.63, 3.8) is 0 Å². The molecule has 2 heterocycles. The molecular formula is C19H21N3O3. The van der Waals surface area contributed by atoms with Gasteiger partial charge in [-0.05, 0) is 37.5 Å². The number of hydrogen-bond acceptors (Lipinski definition) is 4. The van der Waals surface area contributed by atoms with Gasteiger partial charge in [-0.3, -0.25) is 9.59 Å². The van der Waals surface area contributed by atoms with E-state index in [4.69, 9.17) is 4.74 Å². The largest absolute Gasteiger partial charge is 0.481 e. The summed E-state index contributed by atoms with van der Waals surface area (Å²) in [6.45, 7) is 2.61. The van der Waals surface area contributed by atoms with Gasteiger partial charge >= 0.3 is 11.8 Å². The Kier molecular flexibility index (Phi) is 4.97. The van der Waals surface area contributed by atoms with Crippen LogP contribution in [-0.4, -0.2) is 30.5 Å². The molecule has 0 fully saturated rings. The van der Waals surface area contributed by atoms with Gasteiger partial charge in [0.25, 0.3) is 0 Å². The van der Waals surface area contributed by atoms with Crippen LogP contribution in [0.15, 0.2) is 36.4 Å². The minimum absolute atomic E-state index is 0.191. The van der Waals surface area contributed by atoms with E-state index in [0.717, 1.165) is 35.3 Å². The highest BCUT2D eigenvalue weighted by Crippen LogP contribution is 2.26. The lowest BCUT2D eigenvalue weighted by Gasteiger charge is -2.28. The van der Waals surface area contributed by atoms with Crippen LogP contribution in [0.4, 0.5) is 5.69 Å². The maximum absolute atomic E-state index is 12.6. The Hall–Kier alpha value is -2.89. The van der Waals surface area contributed by atoms with Crippen molar-refractivity contribution in [1.82, 2.24) is 10.3 Å². The Labute approximate surface area is 146 Å². The van der Waals surface area contributed by atoms with Gasteiger partial charge in [-0.2, -0.15) is 0 Å². The molecule has 6 nitrogen and oxygen atoms in total. The normalized spacial score (nSPS) is 13.1. The average Bonchev–Trinajstić information content (AvgIpc) is 2.65. The molecule has 0 saturated heterocycles. The number of nitrogens with zero attached hydrogens (tertiary/aromatic N) is 2. The van der Waals surface area contributed by atoms with E-state index < -0.39 is 11.8 Å². The minimum Gasteiger partial charge on any atom is -0.481 e. The SMILES string of the molecule is COc1nc(C)ccc1CNC(=O)C(=O)N1CCCc2ccccc21. The van der Waals surface area contributed by atoms with E-state index >= 15 is 0 Å². The number of fused-ring (bicyclic) bond motifs is 1. The number of hydrogen-bond donors (Lipinski definition) is 1. The van der Waals surface area contributed by atoms with Gasteiger partial charge in [0, 0.05) is 30.0 Å². The van der Waals surface area contributed by atoms with Crippen molar-refractivity contribution < 1.29 is 14.3 Å². The predicted octanol–water partition coefficient (Wildman–Crippen LogP) is 1.99. The van der Waals surface area contributed by atoms with Crippen LogP contribution in [0.3, 0.4) is 0 Å². The van der Waals surface area contributed by atoms with E-state index in [1.54, 1.807) is 4.90 Å². The van der Waals surface area contributed by atoms with Crippen LogP contribution in [0.25, 0.3) is 0 Å². The Morgan fingerprint density at radius 1 is 1.24 bits per heavy atom. The highest BCUT2D eigenvalue weighted by molar-refractivity contribution is 6.40. The Morgan fingerprint density at radius 3 is 2.84 bits per heavy atom. The Morgan fingerprint density at radius 2 is 2.04 bits per heavy atom. The molecule has 0 atom stereocenters. The molecule has 1 aromatic heterocycles. The smallest absolute Gasteiger partial charge is 0.316 e. The zero-order valence-electron chi connectivity index (χ0n) is 14.4. The molecule has 0 aliphatic carbocycles. The number of aryl methyl sites for hydroxylation is 2. The molecule has 1 aliphatic rings. The van der Waals surface area contributed by atoms with E-state index in [1.807, 2.05) is 43.3 Å². The number of anilines is 1. The number of carbonyl (C=O) groups is 2. The molecule has 3 rings (SSSR count). The van der Waals surface area contributed by atoms with Crippen LogP contribution in [0, 0.1) is 6.92 Å². The van der Waals surface area contributed by atoms with Crippen molar-refractivity contribution in [2.45, 2.75) is 26.3 Å². The molecule has 0 radical (unpaired) electrons. The first-order valence-corrected chi connectivity index (χ1v) is 8.28. The molecule has 2 amide bonds. The van der Waals surface area contributed by atoms with Crippen molar-refractivity contribution in [3.8, 4) is 5.88 Å². The van der Waals surface area contributed by atoms with Crippen molar-refractivity contribution in [1.29, 1.82) is 0 Å². The molecule has 6 heteroatoms. The number of amides is 2. The molecule has 130 valence electrons. The van der Waals surface area contributed by atoms with Crippen LogP contribution >= 0.6 is 0 Å². The first-order chi connectivity index (χ1) is 12.1. The monoisotopic (exact) mass is 339 g/mol. The van der Waals surface area contributed by atoms with Gasteiger partial charge in [-0.25, -0.2) is 4.98 Å². The van der Waals surface area contributed by atoms with E-state index in [9.17, 15) is 9.59 Å². The zero-order chi connectivity index (χ0) is 17.8. The summed E-state index contributed by atoms with van der Waals surface area (Å²) in [4.78, 5) is 30.7. The maximum Gasteiger partial charge on any atom is 0.316 e. The zero-order valence-corrected chi connectivity index (χ0v) is 14.4. The number of methoxy groups -OCH3 is 1. The number of carbonyl (C=O) groups excluding carboxylic acids is 2. The fourth-order valence-electron chi connectivity index (χ4n) is 2.99. The third-order valence-electron chi connectivity index (χ3n) is 4.26. The van der Waals surface area contributed by atoms with Crippen LogP contribution in [0.1, 0.15) is 23.2 Å². The second-order valence-corrected chi connectivity index (χ2v) is 5.99. The van der Waals surface area contributed by atoms with Crippen molar-refractivity contribution in [2.75, 3.05) is 18.6 Å². The number of para-hydroxylation sites is 1. The third-order valence-corrected chi connectivity index (χ3v) is 4.26. The van der Waals surface area contributed by atoms with Gasteiger partial charge in [-0.15, -0.1) is 0 Å². The van der Waals surface area contributed by atoms with E-state index in [1.165, 1.54) is 7.11 Å².